The third-order valence-corrected chi connectivity index (χ3v) is 4.90. The molecule has 1 N–H and O–H groups in total. The lowest BCUT2D eigenvalue weighted by Gasteiger charge is -2.26. The van der Waals surface area contributed by atoms with E-state index in [0.717, 1.165) is 16.9 Å². The summed E-state index contributed by atoms with van der Waals surface area (Å²) in [5, 5.41) is 2.21. The van der Waals surface area contributed by atoms with Gasteiger partial charge in [0.1, 0.15) is 17.9 Å². The Kier molecular flexibility index (Phi) is 6.15. The fourth-order valence-corrected chi connectivity index (χ4v) is 3.29. The van der Waals surface area contributed by atoms with Crippen molar-refractivity contribution in [2.24, 2.45) is 0 Å². The standard InChI is InChI=1S/C22H17BrN2O4/c1-3-11-29-19-10-7-15(13-18(19)23)12-17-20(26)24-22(28)25(21(17)27)16-8-5-14(4-2)6-9-16/h1,5-10,12-13H,4,11H2,2H3,(H,24,26,28)/b17-12-. The maximum Gasteiger partial charge on any atom is 0.335 e. The molecule has 0 bridgehead atoms. The number of imide groups is 2. The van der Waals surface area contributed by atoms with Crippen molar-refractivity contribution < 1.29 is 19.1 Å². The molecule has 7 heteroatoms. The molecule has 4 amide bonds. The highest BCUT2D eigenvalue weighted by Gasteiger charge is 2.36. The first-order chi connectivity index (χ1) is 13.9. The Morgan fingerprint density at radius 1 is 1.17 bits per heavy atom. The molecule has 0 atom stereocenters. The number of carbonyl (C=O) groups excluding carboxylic acids is 3. The monoisotopic (exact) mass is 452 g/mol. The van der Waals surface area contributed by atoms with Crippen LogP contribution in [0.3, 0.4) is 0 Å². The van der Waals surface area contributed by atoms with Gasteiger partial charge in [-0.25, -0.2) is 9.69 Å². The summed E-state index contributed by atoms with van der Waals surface area (Å²) in [5.74, 6) is 1.48. The number of ether oxygens (including phenoxy) is 1. The molecule has 146 valence electrons. The number of hydrogen-bond acceptors (Lipinski definition) is 4. The van der Waals surface area contributed by atoms with Crippen LogP contribution >= 0.6 is 15.9 Å². The number of aryl methyl sites for hydroxylation is 1. The third kappa shape index (κ3) is 4.39. The lowest BCUT2D eigenvalue weighted by molar-refractivity contribution is -0.122. The number of amides is 4. The number of carbonyl (C=O) groups is 3. The first-order valence-corrected chi connectivity index (χ1v) is 9.60. The Labute approximate surface area is 176 Å². The zero-order valence-corrected chi connectivity index (χ0v) is 17.2. The Bertz CT molecular complexity index is 1050. The van der Waals surface area contributed by atoms with Gasteiger partial charge in [-0.05, 0) is 63.8 Å². The molecule has 3 rings (SSSR count). The molecule has 6 nitrogen and oxygen atoms in total. The van der Waals surface area contributed by atoms with E-state index < -0.39 is 17.8 Å². The largest absolute Gasteiger partial charge is 0.480 e. The van der Waals surface area contributed by atoms with E-state index in [9.17, 15) is 14.4 Å². The fraction of sp³-hybridized carbons (Fsp3) is 0.136. The van der Waals surface area contributed by atoms with Gasteiger partial charge in [0, 0.05) is 0 Å². The van der Waals surface area contributed by atoms with Gasteiger partial charge in [0.2, 0.25) is 0 Å². The predicted molar refractivity (Wildman–Crippen MR) is 113 cm³/mol. The maximum absolute atomic E-state index is 12.9. The molecule has 1 fully saturated rings. The number of anilines is 1. The minimum atomic E-state index is -0.777. The number of barbiturate groups is 1. The number of urea groups is 1. The molecule has 2 aromatic rings. The molecule has 0 saturated carbocycles. The molecule has 2 aromatic carbocycles. The molecule has 0 unspecified atom stereocenters. The van der Waals surface area contributed by atoms with E-state index in [1.807, 2.05) is 19.1 Å². The van der Waals surface area contributed by atoms with Crippen LogP contribution in [-0.4, -0.2) is 24.5 Å². The van der Waals surface area contributed by atoms with Crippen LogP contribution in [-0.2, 0) is 16.0 Å². The van der Waals surface area contributed by atoms with Crippen LogP contribution in [0, 0.1) is 12.3 Å². The predicted octanol–water partition coefficient (Wildman–Crippen LogP) is 3.69. The average Bonchev–Trinajstić information content (AvgIpc) is 2.71. The molecule has 0 aromatic heterocycles. The fourth-order valence-electron chi connectivity index (χ4n) is 2.78. The molecule has 1 saturated heterocycles. The maximum atomic E-state index is 12.9. The number of hydrogen-bond donors (Lipinski definition) is 1. The van der Waals surface area contributed by atoms with Crippen molar-refractivity contribution in [2.75, 3.05) is 11.5 Å². The quantitative estimate of drug-likeness (QED) is 0.426. The van der Waals surface area contributed by atoms with Crippen LogP contribution < -0.4 is 15.0 Å². The van der Waals surface area contributed by atoms with Gasteiger partial charge in [-0.1, -0.05) is 31.0 Å². The molecule has 29 heavy (non-hydrogen) atoms. The molecular formula is C22H17BrN2O4. The highest BCUT2D eigenvalue weighted by Crippen LogP contribution is 2.28. The summed E-state index contributed by atoms with van der Waals surface area (Å²) in [4.78, 5) is 38.4. The Hall–Kier alpha value is -3.37. The smallest absolute Gasteiger partial charge is 0.335 e. The number of benzene rings is 2. The van der Waals surface area contributed by atoms with Gasteiger partial charge in [0.05, 0.1) is 10.2 Å². The van der Waals surface area contributed by atoms with Crippen molar-refractivity contribution in [2.45, 2.75) is 13.3 Å². The van der Waals surface area contributed by atoms with Crippen LogP contribution in [0.4, 0.5) is 10.5 Å². The summed E-state index contributed by atoms with van der Waals surface area (Å²) in [6.07, 6.45) is 7.44. The van der Waals surface area contributed by atoms with Gasteiger partial charge in [0.15, 0.2) is 0 Å². The topological polar surface area (TPSA) is 75.7 Å². The highest BCUT2D eigenvalue weighted by molar-refractivity contribution is 9.10. The third-order valence-electron chi connectivity index (χ3n) is 4.28. The minimum Gasteiger partial charge on any atom is -0.480 e. The van der Waals surface area contributed by atoms with Gasteiger partial charge in [-0.2, -0.15) is 0 Å². The summed E-state index contributed by atoms with van der Waals surface area (Å²) < 4.78 is 6.00. The molecule has 1 heterocycles. The summed E-state index contributed by atoms with van der Waals surface area (Å²) >= 11 is 3.37. The lowest BCUT2D eigenvalue weighted by atomic mass is 10.1. The summed E-state index contributed by atoms with van der Waals surface area (Å²) in [7, 11) is 0. The van der Waals surface area contributed by atoms with Crippen LogP contribution in [0.15, 0.2) is 52.5 Å². The van der Waals surface area contributed by atoms with E-state index in [0.29, 0.717) is 21.5 Å². The van der Waals surface area contributed by atoms with Crippen LogP contribution in [0.25, 0.3) is 6.08 Å². The van der Waals surface area contributed by atoms with Crippen molar-refractivity contribution in [1.29, 1.82) is 0 Å². The molecule has 0 spiro atoms. The lowest BCUT2D eigenvalue weighted by Crippen LogP contribution is -2.54. The zero-order valence-electron chi connectivity index (χ0n) is 15.6. The van der Waals surface area contributed by atoms with E-state index in [4.69, 9.17) is 11.2 Å². The van der Waals surface area contributed by atoms with Crippen LogP contribution in [0.5, 0.6) is 5.75 Å². The first-order valence-electron chi connectivity index (χ1n) is 8.80. The van der Waals surface area contributed by atoms with Crippen LogP contribution in [0.2, 0.25) is 0 Å². The van der Waals surface area contributed by atoms with Crippen molar-refractivity contribution in [1.82, 2.24) is 5.32 Å². The number of nitrogens with zero attached hydrogens (tertiary/aromatic N) is 1. The number of terminal acetylenes is 1. The van der Waals surface area contributed by atoms with Crippen LogP contribution in [0.1, 0.15) is 18.1 Å². The molecule has 0 radical (unpaired) electrons. The van der Waals surface area contributed by atoms with Gasteiger partial charge in [0.25, 0.3) is 11.8 Å². The number of rotatable bonds is 5. The molecule has 0 aliphatic carbocycles. The summed E-state index contributed by atoms with van der Waals surface area (Å²) in [6.45, 7) is 2.13. The summed E-state index contributed by atoms with van der Waals surface area (Å²) in [5.41, 5.74) is 1.90. The van der Waals surface area contributed by atoms with Gasteiger partial charge >= 0.3 is 6.03 Å². The second-order valence-corrected chi connectivity index (χ2v) is 7.01. The van der Waals surface area contributed by atoms with Crippen molar-refractivity contribution >= 4 is 45.5 Å². The second-order valence-electron chi connectivity index (χ2n) is 6.16. The summed E-state index contributed by atoms with van der Waals surface area (Å²) in [6, 6.07) is 11.3. The van der Waals surface area contributed by atoms with E-state index in [-0.39, 0.29) is 12.2 Å². The average molecular weight is 453 g/mol. The molecule has 1 aliphatic heterocycles. The molecular weight excluding hydrogens is 436 g/mol. The van der Waals surface area contributed by atoms with Gasteiger partial charge < -0.3 is 4.74 Å². The zero-order chi connectivity index (χ0) is 21.0. The highest BCUT2D eigenvalue weighted by atomic mass is 79.9. The number of nitrogens with one attached hydrogen (secondary N) is 1. The van der Waals surface area contributed by atoms with E-state index in [1.165, 1.54) is 6.08 Å². The van der Waals surface area contributed by atoms with Crippen molar-refractivity contribution in [3.8, 4) is 18.1 Å². The normalized spacial score (nSPS) is 15.3. The number of halogens is 1. The first kappa shape index (κ1) is 20.4. The Morgan fingerprint density at radius 2 is 1.90 bits per heavy atom. The van der Waals surface area contributed by atoms with E-state index >= 15 is 0 Å². The minimum absolute atomic E-state index is 0.119. The van der Waals surface area contributed by atoms with E-state index in [1.54, 1.807) is 30.3 Å². The second kappa shape index (κ2) is 8.76. The van der Waals surface area contributed by atoms with Crippen molar-refractivity contribution in [3.05, 3.63) is 63.6 Å². The van der Waals surface area contributed by atoms with E-state index in [2.05, 4.69) is 27.2 Å². The van der Waals surface area contributed by atoms with Gasteiger partial charge in [-0.15, -0.1) is 6.42 Å². The van der Waals surface area contributed by atoms with Gasteiger partial charge in [-0.3, -0.25) is 14.9 Å². The SMILES string of the molecule is C#CCOc1ccc(/C=C2/C(=O)NC(=O)N(c3ccc(CC)cc3)C2=O)cc1Br. The Balaban J connectivity index is 1.92. The Morgan fingerprint density at radius 3 is 2.52 bits per heavy atom. The molecule has 1 aliphatic rings. The van der Waals surface area contributed by atoms with Crippen molar-refractivity contribution in [3.63, 3.8) is 0 Å².